The molecule has 0 unspecified atom stereocenters. The molecular formula is C12H10N2S. The molecule has 0 atom stereocenters. The zero-order valence-corrected chi connectivity index (χ0v) is 9.43. The lowest BCUT2D eigenvalue weighted by atomic mass is 10.2. The molecule has 0 fully saturated rings. The number of rotatable bonds is 0. The Labute approximate surface area is 93.0 Å². The molecule has 0 aromatic carbocycles. The molecule has 2 aromatic heterocycles. The van der Waals surface area contributed by atoms with E-state index in [-0.39, 0.29) is 0 Å². The van der Waals surface area contributed by atoms with Crippen LogP contribution >= 0.6 is 11.3 Å². The van der Waals surface area contributed by atoms with Crippen LogP contribution in [-0.2, 0) is 0 Å². The molecule has 2 nitrogen and oxygen atoms in total. The fourth-order valence-corrected chi connectivity index (χ4v) is 1.73. The maximum absolute atomic E-state index is 4.27. The molecule has 15 heavy (non-hydrogen) atoms. The lowest BCUT2D eigenvalue weighted by Crippen LogP contribution is -1.81. The number of hydrogen-bond donors (Lipinski definition) is 0. The summed E-state index contributed by atoms with van der Waals surface area (Å²) in [5.74, 6) is 6.07. The quantitative estimate of drug-likeness (QED) is 0.630. The van der Waals surface area contributed by atoms with Gasteiger partial charge in [0.15, 0.2) is 0 Å². The molecule has 0 spiro atoms. The van der Waals surface area contributed by atoms with Gasteiger partial charge >= 0.3 is 0 Å². The van der Waals surface area contributed by atoms with Crippen LogP contribution in [0.1, 0.15) is 21.8 Å². The van der Waals surface area contributed by atoms with Crippen LogP contribution in [0.15, 0.2) is 23.8 Å². The van der Waals surface area contributed by atoms with Crippen LogP contribution in [0.5, 0.6) is 0 Å². The molecule has 3 heteroatoms. The van der Waals surface area contributed by atoms with Gasteiger partial charge in [0.25, 0.3) is 0 Å². The Kier molecular flexibility index (Phi) is 2.79. The Morgan fingerprint density at radius 1 is 1.20 bits per heavy atom. The van der Waals surface area contributed by atoms with Crippen molar-refractivity contribution in [2.45, 2.75) is 13.8 Å². The first-order valence-electron chi connectivity index (χ1n) is 4.60. The van der Waals surface area contributed by atoms with Crippen molar-refractivity contribution in [2.24, 2.45) is 0 Å². The average molecular weight is 214 g/mol. The fourth-order valence-electron chi connectivity index (χ4n) is 1.18. The van der Waals surface area contributed by atoms with Gasteiger partial charge in [0, 0.05) is 23.3 Å². The van der Waals surface area contributed by atoms with Crippen LogP contribution in [0.2, 0.25) is 0 Å². The van der Waals surface area contributed by atoms with Crippen LogP contribution in [-0.4, -0.2) is 9.97 Å². The summed E-state index contributed by atoms with van der Waals surface area (Å²) in [7, 11) is 0. The van der Waals surface area contributed by atoms with Crippen LogP contribution < -0.4 is 0 Å². The Hall–Kier alpha value is -1.66. The highest BCUT2D eigenvalue weighted by Gasteiger charge is 1.92. The van der Waals surface area contributed by atoms with E-state index in [2.05, 4.69) is 21.8 Å². The molecule has 0 radical (unpaired) electrons. The minimum atomic E-state index is 0.832. The van der Waals surface area contributed by atoms with Gasteiger partial charge in [0.2, 0.25) is 0 Å². The SMILES string of the molecule is Cc1cncc(C#Cc2csc(C)n2)c1. The van der Waals surface area contributed by atoms with Gasteiger partial charge in [-0.15, -0.1) is 11.3 Å². The first kappa shape index (κ1) is 9.88. The zero-order chi connectivity index (χ0) is 10.7. The van der Waals surface area contributed by atoms with E-state index >= 15 is 0 Å². The van der Waals surface area contributed by atoms with Gasteiger partial charge in [-0.25, -0.2) is 4.98 Å². The molecule has 0 saturated carbocycles. The van der Waals surface area contributed by atoms with Crippen molar-refractivity contribution in [2.75, 3.05) is 0 Å². The number of hydrogen-bond acceptors (Lipinski definition) is 3. The maximum Gasteiger partial charge on any atom is 0.124 e. The second-order valence-electron chi connectivity index (χ2n) is 3.25. The Morgan fingerprint density at radius 2 is 2.07 bits per heavy atom. The van der Waals surface area contributed by atoms with Gasteiger partial charge in [-0.2, -0.15) is 0 Å². The molecule has 0 N–H and O–H groups in total. The molecule has 0 aliphatic heterocycles. The number of thiazole rings is 1. The summed E-state index contributed by atoms with van der Waals surface area (Å²) in [5.41, 5.74) is 2.89. The van der Waals surface area contributed by atoms with Crippen LogP contribution in [0.4, 0.5) is 0 Å². The molecule has 0 aliphatic rings. The Balaban J connectivity index is 2.25. The first-order chi connectivity index (χ1) is 7.24. The van der Waals surface area contributed by atoms with E-state index < -0.39 is 0 Å². The highest BCUT2D eigenvalue weighted by atomic mass is 32.1. The molecular weight excluding hydrogens is 204 g/mol. The largest absolute Gasteiger partial charge is 0.263 e. The first-order valence-corrected chi connectivity index (χ1v) is 5.48. The topological polar surface area (TPSA) is 25.8 Å². The molecule has 0 bridgehead atoms. The second-order valence-corrected chi connectivity index (χ2v) is 4.31. The molecule has 0 aliphatic carbocycles. The lowest BCUT2D eigenvalue weighted by Gasteiger charge is -1.90. The molecule has 2 heterocycles. The van der Waals surface area contributed by atoms with E-state index in [1.165, 1.54) is 0 Å². The van der Waals surface area contributed by atoms with Crippen molar-refractivity contribution >= 4 is 11.3 Å². The van der Waals surface area contributed by atoms with Gasteiger partial charge in [-0.05, 0) is 31.4 Å². The highest BCUT2D eigenvalue weighted by Crippen LogP contribution is 2.06. The minimum Gasteiger partial charge on any atom is -0.263 e. The molecule has 0 amide bonds. The predicted octanol–water partition coefficient (Wildman–Crippen LogP) is 2.55. The molecule has 74 valence electrons. The van der Waals surface area contributed by atoms with E-state index in [0.29, 0.717) is 0 Å². The highest BCUT2D eigenvalue weighted by molar-refractivity contribution is 7.09. The van der Waals surface area contributed by atoms with Crippen LogP contribution in [0.3, 0.4) is 0 Å². The number of pyridine rings is 1. The summed E-state index contributed by atoms with van der Waals surface area (Å²) in [5, 5.41) is 3.01. The molecule has 2 rings (SSSR count). The third-order valence-electron chi connectivity index (χ3n) is 1.83. The van der Waals surface area contributed by atoms with E-state index in [0.717, 1.165) is 21.8 Å². The van der Waals surface area contributed by atoms with Crippen LogP contribution in [0.25, 0.3) is 0 Å². The van der Waals surface area contributed by atoms with Crippen molar-refractivity contribution in [1.29, 1.82) is 0 Å². The second kappa shape index (κ2) is 4.24. The van der Waals surface area contributed by atoms with Crippen molar-refractivity contribution in [3.8, 4) is 11.8 Å². The summed E-state index contributed by atoms with van der Waals surface area (Å²) in [4.78, 5) is 8.35. The van der Waals surface area contributed by atoms with Gasteiger partial charge in [0.1, 0.15) is 5.69 Å². The lowest BCUT2D eigenvalue weighted by molar-refractivity contribution is 1.25. The zero-order valence-electron chi connectivity index (χ0n) is 8.61. The molecule has 2 aromatic rings. The third kappa shape index (κ3) is 2.64. The number of aromatic nitrogens is 2. The Morgan fingerprint density at radius 3 is 2.73 bits per heavy atom. The fraction of sp³-hybridized carbons (Fsp3) is 0.167. The van der Waals surface area contributed by atoms with Gasteiger partial charge < -0.3 is 0 Å². The summed E-state index contributed by atoms with van der Waals surface area (Å²) in [6, 6.07) is 2.01. The van der Waals surface area contributed by atoms with Gasteiger partial charge in [0.05, 0.1) is 5.01 Å². The van der Waals surface area contributed by atoms with E-state index in [4.69, 9.17) is 0 Å². The smallest absolute Gasteiger partial charge is 0.124 e. The van der Waals surface area contributed by atoms with Crippen molar-refractivity contribution in [3.63, 3.8) is 0 Å². The maximum atomic E-state index is 4.27. The third-order valence-corrected chi connectivity index (χ3v) is 2.60. The average Bonchev–Trinajstić information content (AvgIpc) is 2.62. The number of aryl methyl sites for hydroxylation is 2. The monoisotopic (exact) mass is 214 g/mol. The summed E-state index contributed by atoms with van der Waals surface area (Å²) >= 11 is 1.61. The predicted molar refractivity (Wildman–Crippen MR) is 61.8 cm³/mol. The summed E-state index contributed by atoms with van der Waals surface area (Å²) in [6.07, 6.45) is 3.58. The van der Waals surface area contributed by atoms with E-state index in [1.54, 1.807) is 17.5 Å². The minimum absolute atomic E-state index is 0.832. The van der Waals surface area contributed by atoms with Crippen molar-refractivity contribution < 1.29 is 0 Å². The summed E-state index contributed by atoms with van der Waals surface area (Å²) in [6.45, 7) is 3.98. The van der Waals surface area contributed by atoms with E-state index in [9.17, 15) is 0 Å². The van der Waals surface area contributed by atoms with Crippen molar-refractivity contribution in [1.82, 2.24) is 9.97 Å². The van der Waals surface area contributed by atoms with Crippen molar-refractivity contribution in [3.05, 3.63) is 45.7 Å². The van der Waals surface area contributed by atoms with Crippen LogP contribution in [0, 0.1) is 25.7 Å². The molecule has 0 saturated heterocycles. The standard InChI is InChI=1S/C12H10N2S/c1-9-5-11(7-13-6-9)3-4-12-8-15-10(2)14-12/h5-8H,1-2H3. The van der Waals surface area contributed by atoms with Gasteiger partial charge in [-0.1, -0.05) is 5.92 Å². The van der Waals surface area contributed by atoms with Gasteiger partial charge in [-0.3, -0.25) is 4.98 Å². The number of nitrogens with zero attached hydrogens (tertiary/aromatic N) is 2. The van der Waals surface area contributed by atoms with E-state index in [1.807, 2.05) is 31.5 Å². The normalized spacial score (nSPS) is 9.47. The Bertz CT molecular complexity index is 532. The summed E-state index contributed by atoms with van der Waals surface area (Å²) < 4.78 is 0.